The highest BCUT2D eigenvalue weighted by Gasteiger charge is 2.11. The van der Waals surface area contributed by atoms with Gasteiger partial charge in [0.15, 0.2) is 6.79 Å². The first kappa shape index (κ1) is 14.8. The number of hydrogen-bond donors (Lipinski definition) is 1. The Kier molecular flexibility index (Phi) is 5.44. The normalized spacial score (nSPS) is 11.4. The van der Waals surface area contributed by atoms with Gasteiger partial charge in [0, 0.05) is 30.8 Å². The van der Waals surface area contributed by atoms with E-state index >= 15 is 0 Å². The first-order valence-corrected chi connectivity index (χ1v) is 6.00. The quantitative estimate of drug-likeness (QED) is 0.791. The lowest BCUT2D eigenvalue weighted by molar-refractivity contribution is 0.0501. The second kappa shape index (κ2) is 6.61. The van der Waals surface area contributed by atoms with E-state index in [0.717, 1.165) is 23.6 Å². The predicted molar refractivity (Wildman–Crippen MR) is 72.1 cm³/mol. The molecule has 0 heterocycles. The Morgan fingerprint density at radius 2 is 1.89 bits per heavy atom. The minimum atomic E-state index is 0.0679. The van der Waals surface area contributed by atoms with Crippen LogP contribution in [0.25, 0.3) is 0 Å². The Morgan fingerprint density at radius 3 is 2.44 bits per heavy atom. The van der Waals surface area contributed by atoms with Gasteiger partial charge in [0.1, 0.15) is 11.5 Å². The van der Waals surface area contributed by atoms with Crippen molar-refractivity contribution in [3.05, 3.63) is 23.8 Å². The van der Waals surface area contributed by atoms with Crippen molar-refractivity contribution in [3.8, 4) is 11.5 Å². The van der Waals surface area contributed by atoms with Gasteiger partial charge in [0.2, 0.25) is 0 Å². The molecule has 0 saturated heterocycles. The zero-order valence-electron chi connectivity index (χ0n) is 11.9. The number of ether oxygens (including phenoxy) is 3. The number of methoxy groups -OCH3 is 2. The van der Waals surface area contributed by atoms with Crippen molar-refractivity contribution < 1.29 is 14.2 Å². The summed E-state index contributed by atoms with van der Waals surface area (Å²) >= 11 is 0. The number of hydrogen-bond acceptors (Lipinski definition) is 4. The molecule has 0 saturated carbocycles. The van der Waals surface area contributed by atoms with Crippen LogP contribution in [0.1, 0.15) is 26.3 Å². The van der Waals surface area contributed by atoms with Gasteiger partial charge in [0.25, 0.3) is 0 Å². The zero-order valence-corrected chi connectivity index (χ0v) is 11.9. The Balaban J connectivity index is 2.81. The summed E-state index contributed by atoms with van der Waals surface area (Å²) in [5, 5.41) is 3.43. The summed E-state index contributed by atoms with van der Waals surface area (Å²) in [5.74, 6) is 1.56. The first-order chi connectivity index (χ1) is 8.46. The van der Waals surface area contributed by atoms with Crippen LogP contribution in [0.5, 0.6) is 11.5 Å². The number of benzene rings is 1. The molecule has 1 aromatic rings. The maximum Gasteiger partial charge on any atom is 0.188 e. The average molecular weight is 253 g/mol. The Morgan fingerprint density at radius 1 is 1.17 bits per heavy atom. The summed E-state index contributed by atoms with van der Waals surface area (Å²) in [6.07, 6.45) is 0. The van der Waals surface area contributed by atoms with Crippen molar-refractivity contribution >= 4 is 0 Å². The number of nitrogens with one attached hydrogen (secondary N) is 1. The summed E-state index contributed by atoms with van der Waals surface area (Å²) in [7, 11) is 3.25. The van der Waals surface area contributed by atoms with Gasteiger partial charge in [-0.05, 0) is 26.8 Å². The average Bonchev–Trinajstić information content (AvgIpc) is 2.33. The monoisotopic (exact) mass is 253 g/mol. The lowest BCUT2D eigenvalue weighted by atomic mass is 10.1. The van der Waals surface area contributed by atoms with Crippen LogP contribution in [0.2, 0.25) is 0 Å². The lowest BCUT2D eigenvalue weighted by Crippen LogP contribution is -2.35. The van der Waals surface area contributed by atoms with Crippen molar-refractivity contribution in [2.45, 2.75) is 32.9 Å². The molecule has 0 unspecified atom stereocenters. The molecular weight excluding hydrogens is 230 g/mol. The molecule has 1 rings (SSSR count). The van der Waals surface area contributed by atoms with Crippen LogP contribution in [-0.4, -0.2) is 26.6 Å². The van der Waals surface area contributed by atoms with E-state index < -0.39 is 0 Å². The highest BCUT2D eigenvalue weighted by atomic mass is 16.7. The highest BCUT2D eigenvalue weighted by molar-refractivity contribution is 5.40. The molecule has 1 aromatic carbocycles. The molecule has 0 atom stereocenters. The molecule has 102 valence electrons. The van der Waals surface area contributed by atoms with E-state index in [2.05, 4.69) is 26.1 Å². The fourth-order valence-electron chi connectivity index (χ4n) is 1.43. The van der Waals surface area contributed by atoms with E-state index in [4.69, 9.17) is 14.2 Å². The third-order valence-corrected chi connectivity index (χ3v) is 2.42. The van der Waals surface area contributed by atoms with Crippen molar-refractivity contribution in [2.24, 2.45) is 0 Å². The predicted octanol–water partition coefficient (Wildman–Crippen LogP) is 2.57. The Bertz CT molecular complexity index is 372. The minimum absolute atomic E-state index is 0.0679. The minimum Gasteiger partial charge on any atom is -0.497 e. The van der Waals surface area contributed by atoms with Gasteiger partial charge >= 0.3 is 0 Å². The molecule has 0 amide bonds. The molecular formula is C14H23NO3. The third kappa shape index (κ3) is 4.94. The van der Waals surface area contributed by atoms with Gasteiger partial charge < -0.3 is 19.5 Å². The molecule has 0 aliphatic rings. The van der Waals surface area contributed by atoms with Crippen LogP contribution in [0.3, 0.4) is 0 Å². The van der Waals surface area contributed by atoms with Gasteiger partial charge in [-0.15, -0.1) is 0 Å². The van der Waals surface area contributed by atoms with Gasteiger partial charge in [-0.2, -0.15) is 0 Å². The van der Waals surface area contributed by atoms with Gasteiger partial charge in [0.05, 0.1) is 7.11 Å². The second-order valence-corrected chi connectivity index (χ2v) is 5.13. The van der Waals surface area contributed by atoms with Crippen LogP contribution >= 0.6 is 0 Å². The summed E-state index contributed by atoms with van der Waals surface area (Å²) in [6, 6.07) is 5.81. The van der Waals surface area contributed by atoms with E-state index in [9.17, 15) is 0 Å². The van der Waals surface area contributed by atoms with Crippen LogP contribution in [0, 0.1) is 0 Å². The third-order valence-electron chi connectivity index (χ3n) is 2.42. The standard InChI is InChI=1S/C14H23NO3/c1-14(2,3)15-9-11-6-7-12(17-5)8-13(11)18-10-16-4/h6-8,15H,9-10H2,1-5H3. The molecule has 0 aliphatic heterocycles. The molecule has 0 bridgehead atoms. The van der Waals surface area contributed by atoms with Crippen LogP contribution < -0.4 is 14.8 Å². The van der Waals surface area contributed by atoms with E-state index in [1.165, 1.54) is 0 Å². The van der Waals surface area contributed by atoms with Crippen LogP contribution in [0.15, 0.2) is 18.2 Å². The second-order valence-electron chi connectivity index (χ2n) is 5.13. The molecule has 18 heavy (non-hydrogen) atoms. The van der Waals surface area contributed by atoms with E-state index in [1.54, 1.807) is 14.2 Å². The maximum atomic E-state index is 5.55. The van der Waals surface area contributed by atoms with Gasteiger partial charge in [-0.1, -0.05) is 6.07 Å². The Hall–Kier alpha value is -1.26. The molecule has 0 radical (unpaired) electrons. The maximum absolute atomic E-state index is 5.55. The smallest absolute Gasteiger partial charge is 0.188 e. The van der Waals surface area contributed by atoms with Crippen molar-refractivity contribution in [3.63, 3.8) is 0 Å². The number of rotatable bonds is 6. The zero-order chi connectivity index (χ0) is 13.6. The van der Waals surface area contributed by atoms with Gasteiger partial charge in [-0.3, -0.25) is 0 Å². The molecule has 0 aromatic heterocycles. The van der Waals surface area contributed by atoms with E-state index in [0.29, 0.717) is 0 Å². The topological polar surface area (TPSA) is 39.7 Å². The van der Waals surface area contributed by atoms with Crippen molar-refractivity contribution in [1.29, 1.82) is 0 Å². The summed E-state index contributed by atoms with van der Waals surface area (Å²) in [6.45, 7) is 7.37. The van der Waals surface area contributed by atoms with Crippen LogP contribution in [0.4, 0.5) is 0 Å². The lowest BCUT2D eigenvalue weighted by Gasteiger charge is -2.21. The molecule has 0 fully saturated rings. The van der Waals surface area contributed by atoms with Crippen molar-refractivity contribution in [2.75, 3.05) is 21.0 Å². The van der Waals surface area contributed by atoms with E-state index in [1.807, 2.05) is 18.2 Å². The van der Waals surface area contributed by atoms with Gasteiger partial charge in [-0.25, -0.2) is 0 Å². The molecule has 0 spiro atoms. The largest absolute Gasteiger partial charge is 0.497 e. The Labute approximate surface area is 109 Å². The SMILES string of the molecule is COCOc1cc(OC)ccc1CNC(C)(C)C. The molecule has 0 aliphatic carbocycles. The fraction of sp³-hybridized carbons (Fsp3) is 0.571. The first-order valence-electron chi connectivity index (χ1n) is 6.00. The summed E-state index contributed by atoms with van der Waals surface area (Å²) in [5.41, 5.74) is 1.15. The molecule has 4 nitrogen and oxygen atoms in total. The summed E-state index contributed by atoms with van der Waals surface area (Å²) < 4.78 is 15.7. The summed E-state index contributed by atoms with van der Waals surface area (Å²) in [4.78, 5) is 0. The van der Waals surface area contributed by atoms with Crippen LogP contribution in [-0.2, 0) is 11.3 Å². The fourth-order valence-corrected chi connectivity index (χ4v) is 1.43. The molecule has 1 N–H and O–H groups in total. The highest BCUT2D eigenvalue weighted by Crippen LogP contribution is 2.25. The molecule has 4 heteroatoms. The van der Waals surface area contributed by atoms with E-state index in [-0.39, 0.29) is 12.3 Å². The van der Waals surface area contributed by atoms with Crippen molar-refractivity contribution in [1.82, 2.24) is 5.32 Å².